The van der Waals surface area contributed by atoms with Gasteiger partial charge in [0.1, 0.15) is 5.03 Å². The zero-order valence-corrected chi connectivity index (χ0v) is 18.1. The third kappa shape index (κ3) is 5.86. The number of hydrogen-bond acceptors (Lipinski definition) is 6. The highest BCUT2D eigenvalue weighted by Gasteiger charge is 2.30. The van der Waals surface area contributed by atoms with Gasteiger partial charge in [0.05, 0.1) is 11.7 Å². The van der Waals surface area contributed by atoms with Gasteiger partial charge in [0.15, 0.2) is 5.82 Å². The molecule has 2 N–H and O–H groups in total. The molecule has 0 spiro atoms. The topological polar surface area (TPSA) is 87.2 Å². The lowest BCUT2D eigenvalue weighted by molar-refractivity contribution is -0.125. The number of nitrogens with zero attached hydrogens (tertiary/aromatic N) is 3. The molecule has 9 heteroatoms. The lowest BCUT2D eigenvalue weighted by atomic mass is 9.97. The SMILES string of the molecule is O=C(CSc1ccc(N2CCCC(C(=O)NC3CC3)C2)nn1)Nc1ccc(Cl)cc1. The van der Waals surface area contributed by atoms with E-state index in [1.165, 1.54) is 11.8 Å². The number of hydrogen-bond donors (Lipinski definition) is 2. The number of carbonyl (C=O) groups is 2. The lowest BCUT2D eigenvalue weighted by Gasteiger charge is -2.32. The molecule has 1 aliphatic heterocycles. The number of piperidine rings is 1. The van der Waals surface area contributed by atoms with Crippen LogP contribution >= 0.6 is 23.4 Å². The lowest BCUT2D eigenvalue weighted by Crippen LogP contribution is -2.44. The quantitative estimate of drug-likeness (QED) is 0.635. The van der Waals surface area contributed by atoms with Gasteiger partial charge in [-0.15, -0.1) is 10.2 Å². The zero-order chi connectivity index (χ0) is 20.9. The van der Waals surface area contributed by atoms with Crippen molar-refractivity contribution < 1.29 is 9.59 Å². The van der Waals surface area contributed by atoms with E-state index in [2.05, 4.69) is 25.7 Å². The summed E-state index contributed by atoms with van der Waals surface area (Å²) in [4.78, 5) is 26.6. The fraction of sp³-hybridized carbons (Fsp3) is 0.429. The Kier molecular flexibility index (Phi) is 6.74. The summed E-state index contributed by atoms with van der Waals surface area (Å²) in [5.41, 5.74) is 0.705. The largest absolute Gasteiger partial charge is 0.354 e. The molecule has 0 bridgehead atoms. The van der Waals surface area contributed by atoms with Crippen LogP contribution < -0.4 is 15.5 Å². The monoisotopic (exact) mass is 445 g/mol. The van der Waals surface area contributed by atoms with Crippen molar-refractivity contribution in [3.63, 3.8) is 0 Å². The second-order valence-electron chi connectivity index (χ2n) is 7.64. The van der Waals surface area contributed by atoms with Crippen LogP contribution in [0.5, 0.6) is 0 Å². The van der Waals surface area contributed by atoms with Crippen LogP contribution in [0.3, 0.4) is 0 Å². The van der Waals surface area contributed by atoms with Crippen LogP contribution in [0, 0.1) is 5.92 Å². The highest BCUT2D eigenvalue weighted by molar-refractivity contribution is 7.99. The average molecular weight is 446 g/mol. The number of rotatable bonds is 7. The highest BCUT2D eigenvalue weighted by Crippen LogP contribution is 2.25. The fourth-order valence-electron chi connectivity index (χ4n) is 3.37. The van der Waals surface area contributed by atoms with Gasteiger partial charge in [-0.05, 0) is 62.1 Å². The number of amides is 2. The Morgan fingerprint density at radius 1 is 1.10 bits per heavy atom. The van der Waals surface area contributed by atoms with E-state index < -0.39 is 0 Å². The normalized spacial score (nSPS) is 18.7. The van der Waals surface area contributed by atoms with E-state index in [0.717, 1.165) is 38.0 Å². The minimum Gasteiger partial charge on any atom is -0.354 e. The Morgan fingerprint density at radius 2 is 1.90 bits per heavy atom. The Morgan fingerprint density at radius 3 is 2.60 bits per heavy atom. The molecule has 1 saturated heterocycles. The first kappa shape index (κ1) is 20.9. The summed E-state index contributed by atoms with van der Waals surface area (Å²) in [5.74, 6) is 1.06. The van der Waals surface area contributed by atoms with Crippen LogP contribution in [0.1, 0.15) is 25.7 Å². The first-order valence-electron chi connectivity index (χ1n) is 10.1. The predicted molar refractivity (Wildman–Crippen MR) is 119 cm³/mol. The van der Waals surface area contributed by atoms with Crippen molar-refractivity contribution >= 4 is 46.7 Å². The highest BCUT2D eigenvalue weighted by atomic mass is 35.5. The van der Waals surface area contributed by atoms with Crippen LogP contribution in [0.25, 0.3) is 0 Å². The van der Waals surface area contributed by atoms with Crippen molar-refractivity contribution in [3.8, 4) is 0 Å². The fourth-order valence-corrected chi connectivity index (χ4v) is 4.11. The third-order valence-electron chi connectivity index (χ3n) is 5.15. The number of benzene rings is 1. The summed E-state index contributed by atoms with van der Waals surface area (Å²) in [6.07, 6.45) is 4.08. The van der Waals surface area contributed by atoms with Gasteiger partial charge in [0, 0.05) is 29.8 Å². The predicted octanol–water partition coefficient (Wildman–Crippen LogP) is 3.36. The third-order valence-corrected chi connectivity index (χ3v) is 6.32. The molecule has 0 radical (unpaired) electrons. The van der Waals surface area contributed by atoms with Crippen molar-refractivity contribution in [2.75, 3.05) is 29.1 Å². The molecule has 1 aromatic heterocycles. The number of halogens is 1. The van der Waals surface area contributed by atoms with Crippen molar-refractivity contribution in [2.24, 2.45) is 5.92 Å². The summed E-state index contributed by atoms with van der Waals surface area (Å²) in [6.45, 7) is 1.54. The molecule has 1 atom stereocenters. The van der Waals surface area contributed by atoms with Gasteiger partial charge in [-0.2, -0.15) is 0 Å². The van der Waals surface area contributed by atoms with Gasteiger partial charge < -0.3 is 15.5 Å². The minimum absolute atomic E-state index is 0.00626. The van der Waals surface area contributed by atoms with Crippen molar-refractivity contribution in [1.29, 1.82) is 0 Å². The van der Waals surface area contributed by atoms with Gasteiger partial charge in [-0.3, -0.25) is 9.59 Å². The van der Waals surface area contributed by atoms with E-state index >= 15 is 0 Å². The molecule has 2 heterocycles. The molecule has 30 heavy (non-hydrogen) atoms. The Labute approximate surface area is 185 Å². The van der Waals surface area contributed by atoms with E-state index in [0.29, 0.717) is 28.3 Å². The van der Waals surface area contributed by atoms with Crippen molar-refractivity contribution in [3.05, 3.63) is 41.4 Å². The Bertz CT molecular complexity index is 889. The van der Waals surface area contributed by atoms with Crippen LogP contribution in [0.4, 0.5) is 11.5 Å². The van der Waals surface area contributed by atoms with Crippen LogP contribution in [0.15, 0.2) is 41.4 Å². The number of aromatic nitrogens is 2. The Balaban J connectivity index is 1.26. The minimum atomic E-state index is -0.117. The summed E-state index contributed by atoms with van der Waals surface area (Å²) < 4.78 is 0. The molecule has 2 aliphatic rings. The van der Waals surface area contributed by atoms with Crippen LogP contribution in [-0.4, -0.2) is 46.9 Å². The second kappa shape index (κ2) is 9.66. The van der Waals surface area contributed by atoms with Gasteiger partial charge in [-0.1, -0.05) is 23.4 Å². The molecular weight excluding hydrogens is 422 g/mol. The Hall–Kier alpha value is -2.32. The van der Waals surface area contributed by atoms with E-state index in [9.17, 15) is 9.59 Å². The molecule has 2 amide bonds. The van der Waals surface area contributed by atoms with Crippen LogP contribution in [-0.2, 0) is 9.59 Å². The summed E-state index contributed by atoms with van der Waals surface area (Å²) in [5, 5.41) is 15.8. The molecule has 1 aliphatic carbocycles. The summed E-state index contributed by atoms with van der Waals surface area (Å²) in [7, 11) is 0. The molecular formula is C21H24ClN5O2S. The first-order valence-corrected chi connectivity index (χ1v) is 11.5. The smallest absolute Gasteiger partial charge is 0.234 e. The molecule has 158 valence electrons. The van der Waals surface area contributed by atoms with Crippen molar-refractivity contribution in [2.45, 2.75) is 36.8 Å². The van der Waals surface area contributed by atoms with Gasteiger partial charge in [-0.25, -0.2) is 0 Å². The molecule has 4 rings (SSSR count). The van der Waals surface area contributed by atoms with Crippen molar-refractivity contribution in [1.82, 2.24) is 15.5 Å². The van der Waals surface area contributed by atoms with E-state index in [-0.39, 0.29) is 23.5 Å². The maximum absolute atomic E-state index is 12.4. The maximum atomic E-state index is 12.4. The number of anilines is 2. The molecule has 1 unspecified atom stereocenters. The van der Waals surface area contributed by atoms with E-state index in [4.69, 9.17) is 11.6 Å². The first-order chi connectivity index (χ1) is 14.6. The molecule has 1 saturated carbocycles. The second-order valence-corrected chi connectivity index (χ2v) is 9.07. The molecule has 7 nitrogen and oxygen atoms in total. The van der Waals surface area contributed by atoms with E-state index in [1.807, 2.05) is 12.1 Å². The molecule has 2 aromatic rings. The zero-order valence-electron chi connectivity index (χ0n) is 16.5. The van der Waals surface area contributed by atoms with Gasteiger partial charge in [0.25, 0.3) is 0 Å². The summed E-state index contributed by atoms with van der Waals surface area (Å²) >= 11 is 7.18. The van der Waals surface area contributed by atoms with Gasteiger partial charge >= 0.3 is 0 Å². The van der Waals surface area contributed by atoms with Gasteiger partial charge in [0.2, 0.25) is 11.8 Å². The summed E-state index contributed by atoms with van der Waals surface area (Å²) in [6, 6.07) is 11.2. The number of carbonyl (C=O) groups excluding carboxylic acids is 2. The standard InChI is InChI=1S/C21H24ClN5O2S/c22-15-3-5-16(6-4-15)23-19(28)13-30-20-10-9-18(25-26-20)27-11-1-2-14(12-27)21(29)24-17-7-8-17/h3-6,9-10,14,17H,1-2,7-8,11-13H2,(H,23,28)(H,24,29). The number of nitrogens with one attached hydrogen (secondary N) is 2. The average Bonchev–Trinajstić information content (AvgIpc) is 3.58. The van der Waals surface area contributed by atoms with Crippen LogP contribution in [0.2, 0.25) is 5.02 Å². The molecule has 1 aromatic carbocycles. The van der Waals surface area contributed by atoms with E-state index in [1.54, 1.807) is 24.3 Å². The number of thioether (sulfide) groups is 1. The maximum Gasteiger partial charge on any atom is 0.234 e. The molecule has 2 fully saturated rings.